The van der Waals surface area contributed by atoms with Crippen molar-refractivity contribution in [1.29, 1.82) is 0 Å². The summed E-state index contributed by atoms with van der Waals surface area (Å²) >= 11 is 1.80. The van der Waals surface area contributed by atoms with Crippen LogP contribution in [-0.2, 0) is 6.42 Å². The van der Waals surface area contributed by atoms with E-state index in [1.165, 1.54) is 24.8 Å². The van der Waals surface area contributed by atoms with Crippen molar-refractivity contribution < 1.29 is 0 Å². The topological polar surface area (TPSA) is 12.0 Å². The molecule has 0 spiro atoms. The van der Waals surface area contributed by atoms with E-state index in [4.69, 9.17) is 0 Å². The lowest BCUT2D eigenvalue weighted by Gasteiger charge is -2.24. The minimum absolute atomic E-state index is 0.414. The van der Waals surface area contributed by atoms with Crippen LogP contribution in [0.5, 0.6) is 0 Å². The summed E-state index contributed by atoms with van der Waals surface area (Å²) in [7, 11) is 0. The Kier molecular flexibility index (Phi) is 5.34. The van der Waals surface area contributed by atoms with Crippen LogP contribution in [-0.4, -0.2) is 13.1 Å². The molecule has 0 saturated heterocycles. The normalized spacial score (nSPS) is 11.9. The third-order valence-electron chi connectivity index (χ3n) is 2.70. The first-order valence-corrected chi connectivity index (χ1v) is 6.80. The molecule has 0 radical (unpaired) electrons. The molecule has 1 nitrogen and oxygen atoms in total. The van der Waals surface area contributed by atoms with Crippen LogP contribution in [0.2, 0.25) is 0 Å². The zero-order valence-electron chi connectivity index (χ0n) is 10.2. The number of hydrogen-bond donors (Lipinski definition) is 1. The Morgan fingerprint density at radius 3 is 2.80 bits per heavy atom. The average Bonchev–Trinajstić information content (AvgIpc) is 2.68. The standard InChI is InChI=1S/C13H23NS/c1-4-8-14-11-13(2,3)7-5-12-6-9-15-10-12/h6,9-10,14H,4-5,7-8,11H2,1-3H3. The molecule has 0 aliphatic carbocycles. The summed E-state index contributed by atoms with van der Waals surface area (Å²) in [6.45, 7) is 9.18. The highest BCUT2D eigenvalue weighted by atomic mass is 32.1. The quantitative estimate of drug-likeness (QED) is 0.698. The number of rotatable bonds is 7. The number of nitrogens with one attached hydrogen (secondary N) is 1. The fourth-order valence-corrected chi connectivity index (χ4v) is 2.31. The maximum absolute atomic E-state index is 3.51. The highest BCUT2D eigenvalue weighted by molar-refractivity contribution is 7.07. The number of thiophene rings is 1. The van der Waals surface area contributed by atoms with Gasteiger partial charge in [0, 0.05) is 6.54 Å². The van der Waals surface area contributed by atoms with Crippen LogP contribution in [0.1, 0.15) is 39.2 Å². The van der Waals surface area contributed by atoms with Crippen LogP contribution in [0.15, 0.2) is 16.8 Å². The molecule has 0 fully saturated rings. The van der Waals surface area contributed by atoms with Crippen LogP contribution in [0.25, 0.3) is 0 Å². The van der Waals surface area contributed by atoms with Gasteiger partial charge >= 0.3 is 0 Å². The summed E-state index contributed by atoms with van der Waals surface area (Å²) in [4.78, 5) is 0. The van der Waals surface area contributed by atoms with Crippen molar-refractivity contribution >= 4 is 11.3 Å². The minimum atomic E-state index is 0.414. The molecule has 1 rings (SSSR count). The second-order valence-corrected chi connectivity index (χ2v) is 5.75. The van der Waals surface area contributed by atoms with Gasteiger partial charge in [0.05, 0.1) is 0 Å². The van der Waals surface area contributed by atoms with Gasteiger partial charge in [-0.05, 0) is 53.6 Å². The highest BCUT2D eigenvalue weighted by Crippen LogP contribution is 2.22. The number of aryl methyl sites for hydroxylation is 1. The Morgan fingerprint density at radius 2 is 2.20 bits per heavy atom. The molecular weight excluding hydrogens is 202 g/mol. The van der Waals surface area contributed by atoms with Gasteiger partial charge in [0.1, 0.15) is 0 Å². The Bertz CT molecular complexity index is 252. The lowest BCUT2D eigenvalue weighted by Crippen LogP contribution is -2.30. The van der Waals surface area contributed by atoms with E-state index in [1.54, 1.807) is 11.3 Å². The molecular formula is C13H23NS. The molecule has 15 heavy (non-hydrogen) atoms. The van der Waals surface area contributed by atoms with Gasteiger partial charge < -0.3 is 5.32 Å². The zero-order valence-corrected chi connectivity index (χ0v) is 11.0. The predicted octanol–water partition coefficient (Wildman–Crippen LogP) is 3.71. The van der Waals surface area contributed by atoms with Crippen molar-refractivity contribution in [2.45, 2.75) is 40.0 Å². The molecule has 86 valence electrons. The summed E-state index contributed by atoms with van der Waals surface area (Å²) in [6, 6.07) is 2.24. The summed E-state index contributed by atoms with van der Waals surface area (Å²) in [6.07, 6.45) is 3.70. The second kappa shape index (κ2) is 6.29. The van der Waals surface area contributed by atoms with Crippen LogP contribution < -0.4 is 5.32 Å². The first kappa shape index (κ1) is 12.7. The van der Waals surface area contributed by atoms with Crippen LogP contribution in [0, 0.1) is 5.41 Å². The molecule has 1 aromatic rings. The SMILES string of the molecule is CCCNCC(C)(C)CCc1ccsc1. The van der Waals surface area contributed by atoms with E-state index < -0.39 is 0 Å². The summed E-state index contributed by atoms with van der Waals surface area (Å²) in [5.41, 5.74) is 1.90. The van der Waals surface area contributed by atoms with Crippen molar-refractivity contribution in [3.05, 3.63) is 22.4 Å². The van der Waals surface area contributed by atoms with E-state index in [0.29, 0.717) is 5.41 Å². The molecule has 1 heterocycles. The first-order valence-electron chi connectivity index (χ1n) is 5.86. The molecule has 0 saturated carbocycles. The van der Waals surface area contributed by atoms with Crippen LogP contribution in [0.3, 0.4) is 0 Å². The van der Waals surface area contributed by atoms with E-state index in [2.05, 4.69) is 42.9 Å². The Balaban J connectivity index is 2.23. The van der Waals surface area contributed by atoms with Gasteiger partial charge in [0.15, 0.2) is 0 Å². The average molecular weight is 225 g/mol. The molecule has 1 N–H and O–H groups in total. The number of hydrogen-bond acceptors (Lipinski definition) is 2. The monoisotopic (exact) mass is 225 g/mol. The third-order valence-corrected chi connectivity index (χ3v) is 3.43. The molecule has 0 bridgehead atoms. The summed E-state index contributed by atoms with van der Waals surface area (Å²) in [5, 5.41) is 7.93. The highest BCUT2D eigenvalue weighted by Gasteiger charge is 2.16. The van der Waals surface area contributed by atoms with Gasteiger partial charge in [-0.15, -0.1) is 0 Å². The first-order chi connectivity index (χ1) is 7.14. The van der Waals surface area contributed by atoms with Crippen molar-refractivity contribution in [2.75, 3.05) is 13.1 Å². The summed E-state index contributed by atoms with van der Waals surface area (Å²) < 4.78 is 0. The van der Waals surface area contributed by atoms with Crippen molar-refractivity contribution in [3.8, 4) is 0 Å². The van der Waals surface area contributed by atoms with Gasteiger partial charge in [-0.2, -0.15) is 11.3 Å². The molecule has 0 aliphatic heterocycles. The molecule has 2 heteroatoms. The van der Waals surface area contributed by atoms with E-state index in [1.807, 2.05) is 0 Å². The van der Waals surface area contributed by atoms with E-state index in [9.17, 15) is 0 Å². The molecule has 0 aliphatic rings. The largest absolute Gasteiger partial charge is 0.316 e. The van der Waals surface area contributed by atoms with E-state index >= 15 is 0 Å². The summed E-state index contributed by atoms with van der Waals surface area (Å²) in [5.74, 6) is 0. The molecule has 0 aromatic carbocycles. The molecule has 0 amide bonds. The van der Waals surface area contributed by atoms with Gasteiger partial charge in [0.25, 0.3) is 0 Å². The zero-order chi connectivity index (χ0) is 11.1. The van der Waals surface area contributed by atoms with Gasteiger partial charge in [0.2, 0.25) is 0 Å². The maximum Gasteiger partial charge on any atom is 0.000263 e. The van der Waals surface area contributed by atoms with Crippen LogP contribution >= 0.6 is 11.3 Å². The lowest BCUT2D eigenvalue weighted by molar-refractivity contribution is 0.315. The fourth-order valence-electron chi connectivity index (χ4n) is 1.61. The predicted molar refractivity (Wildman–Crippen MR) is 69.6 cm³/mol. The Hall–Kier alpha value is -0.340. The van der Waals surface area contributed by atoms with Crippen LogP contribution in [0.4, 0.5) is 0 Å². The van der Waals surface area contributed by atoms with Crippen molar-refractivity contribution in [3.63, 3.8) is 0 Å². The Morgan fingerprint density at radius 1 is 1.40 bits per heavy atom. The van der Waals surface area contributed by atoms with E-state index in [0.717, 1.165) is 13.1 Å². The molecule has 1 aromatic heterocycles. The minimum Gasteiger partial charge on any atom is -0.316 e. The van der Waals surface area contributed by atoms with Crippen molar-refractivity contribution in [2.24, 2.45) is 5.41 Å². The maximum atomic E-state index is 3.51. The molecule has 0 unspecified atom stereocenters. The van der Waals surface area contributed by atoms with Gasteiger partial charge in [-0.3, -0.25) is 0 Å². The Labute approximate surface area is 97.9 Å². The molecule has 0 atom stereocenters. The van der Waals surface area contributed by atoms with Gasteiger partial charge in [-0.25, -0.2) is 0 Å². The second-order valence-electron chi connectivity index (χ2n) is 4.97. The fraction of sp³-hybridized carbons (Fsp3) is 0.692. The lowest BCUT2D eigenvalue weighted by atomic mass is 9.86. The van der Waals surface area contributed by atoms with Crippen molar-refractivity contribution in [1.82, 2.24) is 5.32 Å². The van der Waals surface area contributed by atoms with E-state index in [-0.39, 0.29) is 0 Å². The third kappa shape index (κ3) is 5.33. The smallest absolute Gasteiger partial charge is 0.000263 e. The van der Waals surface area contributed by atoms with Gasteiger partial charge in [-0.1, -0.05) is 20.8 Å².